The number of hydrogen-bond donors (Lipinski definition) is 10. The Kier molecular flexibility index (Phi) is 17.8. The topological polar surface area (TPSA) is 298 Å². The maximum absolute atomic E-state index is 15.1. The summed E-state index contributed by atoms with van der Waals surface area (Å²) in [5.74, 6) is -4.15. The van der Waals surface area contributed by atoms with Gasteiger partial charge in [0, 0.05) is 61.4 Å². The Bertz CT molecular complexity index is 2630. The number of benzene rings is 4. The van der Waals surface area contributed by atoms with E-state index in [-0.39, 0.29) is 43.9 Å². The van der Waals surface area contributed by atoms with E-state index in [1.54, 1.807) is 24.4 Å². The Morgan fingerprint density at radius 3 is 2.23 bits per heavy atom. The number of nitrogens with two attached hydrogens (primary N) is 4. The summed E-state index contributed by atoms with van der Waals surface area (Å²) < 4.78 is 5.45. The fraction of sp³-hybridized carbons (Fsp3) is 0.396. The van der Waals surface area contributed by atoms with Crippen molar-refractivity contribution < 1.29 is 33.8 Å². The van der Waals surface area contributed by atoms with Crippen LogP contribution in [0.3, 0.4) is 0 Å². The van der Waals surface area contributed by atoms with Crippen LogP contribution in [0.25, 0.3) is 22.0 Å². The highest BCUT2D eigenvalue weighted by Crippen LogP contribution is 2.44. The molecule has 0 bridgehead atoms. The molecule has 1 saturated carbocycles. The number of unbranched alkanes of at least 4 members (excludes halogenated alkanes) is 1. The lowest BCUT2D eigenvalue weighted by molar-refractivity contribution is -0.144. The summed E-state index contributed by atoms with van der Waals surface area (Å²) in [6, 6.07) is 27.0. The van der Waals surface area contributed by atoms with Crippen molar-refractivity contribution in [2.45, 2.75) is 82.5 Å². The highest BCUT2D eigenvalue weighted by molar-refractivity contribution is 5.98. The first-order chi connectivity index (χ1) is 34.3. The van der Waals surface area contributed by atoms with Gasteiger partial charge in [0.2, 0.25) is 29.5 Å². The van der Waals surface area contributed by atoms with Crippen LogP contribution < -0.4 is 44.2 Å². The van der Waals surface area contributed by atoms with E-state index in [0.29, 0.717) is 74.1 Å². The molecule has 18 heteroatoms. The van der Waals surface area contributed by atoms with E-state index in [1.807, 2.05) is 78.9 Å². The molecule has 71 heavy (non-hydrogen) atoms. The number of nitrogens with zero attached hydrogens (tertiary/aromatic N) is 2. The van der Waals surface area contributed by atoms with E-state index in [2.05, 4.69) is 36.1 Å². The van der Waals surface area contributed by atoms with Gasteiger partial charge in [-0.1, -0.05) is 73.2 Å². The number of aromatic amines is 1. The summed E-state index contributed by atoms with van der Waals surface area (Å²) in [6.07, 6.45) is 4.49. The Balaban J connectivity index is 1.13. The SMILES string of the molecule is NC(=O)C1([C@H](Cc2c[nH]c3ccc(O)cc23)C(=O)N[C@@H](Cc2ccc(-c3ccccc3)cc2)C(=O)N[C@@H](CCCCN=C(N)N)C(=O)NCC(=O)Nc2ccc(CN3CCOCC3)cc2)CCCC(N)C1. The number of nitrogens with one attached hydrogen (secondary N) is 5. The normalized spacial score (nSPS) is 18.4. The standard InChI is InChI=1S/C53H67N11O7/c54-39-9-6-21-53(30-39,51(55)70)43(28-38-31-59-44-20-19-41(65)29-42(38)44)48(67)63-46(27-34-11-15-37(16-12-34)36-7-2-1-3-8-36)50(69)62-45(10-4-5-22-58-52(56)57)49(68)60-32-47(66)61-40-17-13-35(14-18-40)33-64-23-25-71-26-24-64/h1-3,7-8,11-20,29,31,39,43,45-46,59,65H,4-6,9-10,21-28,30,32-33,54H2,(H2,55,70)(H,60,68)(H,61,66)(H,62,69)(H,63,67)(H4,56,57,58)/t39?,43-,45+,46+,53?/m1/s1. The van der Waals surface area contributed by atoms with Crippen molar-refractivity contribution in [3.63, 3.8) is 0 Å². The molecule has 1 aromatic heterocycles. The van der Waals surface area contributed by atoms with Gasteiger partial charge in [-0.2, -0.15) is 0 Å². The Hall–Kier alpha value is -7.28. The van der Waals surface area contributed by atoms with Crippen LogP contribution >= 0.6 is 0 Å². The lowest BCUT2D eigenvalue weighted by atomic mass is 9.62. The van der Waals surface area contributed by atoms with Crippen molar-refractivity contribution in [2.24, 2.45) is 39.3 Å². The number of rotatable bonds is 22. The van der Waals surface area contributed by atoms with Crippen LogP contribution in [0.5, 0.6) is 5.75 Å². The predicted octanol–water partition coefficient (Wildman–Crippen LogP) is 3.32. The number of phenolic OH excluding ortho intramolecular Hbond substituents is 1. The molecule has 0 radical (unpaired) electrons. The quantitative estimate of drug-likeness (QED) is 0.0273. The summed E-state index contributed by atoms with van der Waals surface area (Å²) in [5, 5.41) is 22.5. The van der Waals surface area contributed by atoms with Crippen LogP contribution in [-0.4, -0.2) is 108 Å². The van der Waals surface area contributed by atoms with Gasteiger partial charge in [-0.3, -0.25) is 33.9 Å². The Morgan fingerprint density at radius 2 is 1.52 bits per heavy atom. The molecule has 5 atom stereocenters. The lowest BCUT2D eigenvalue weighted by Crippen LogP contribution is -2.59. The minimum absolute atomic E-state index is 0.00980. The summed E-state index contributed by atoms with van der Waals surface area (Å²) >= 11 is 0. The maximum Gasteiger partial charge on any atom is 0.243 e. The van der Waals surface area contributed by atoms with Gasteiger partial charge < -0.3 is 59.0 Å². The van der Waals surface area contributed by atoms with Gasteiger partial charge in [0.25, 0.3) is 0 Å². The molecule has 1 saturated heterocycles. The van der Waals surface area contributed by atoms with Crippen LogP contribution in [-0.2, 0) is 48.1 Å². The van der Waals surface area contributed by atoms with Crippen LogP contribution in [0.2, 0.25) is 0 Å². The maximum atomic E-state index is 15.1. The number of phenols is 1. The molecule has 0 spiro atoms. The van der Waals surface area contributed by atoms with Crippen LogP contribution in [0.15, 0.2) is 108 Å². The number of hydrogen-bond acceptors (Lipinski definition) is 10. The van der Waals surface area contributed by atoms with E-state index in [0.717, 1.165) is 41.8 Å². The van der Waals surface area contributed by atoms with Crippen molar-refractivity contribution in [3.8, 4) is 16.9 Å². The number of aliphatic imine (C=N–C) groups is 1. The molecule has 14 N–H and O–H groups in total. The smallest absolute Gasteiger partial charge is 0.243 e. The molecule has 2 heterocycles. The number of aromatic nitrogens is 1. The molecule has 1 aliphatic carbocycles. The largest absolute Gasteiger partial charge is 0.508 e. The number of ether oxygens (including phenoxy) is 1. The molecule has 376 valence electrons. The molecule has 5 amide bonds. The van der Waals surface area contributed by atoms with E-state index in [1.165, 1.54) is 0 Å². The minimum Gasteiger partial charge on any atom is -0.508 e. The first-order valence-electron chi connectivity index (χ1n) is 24.4. The zero-order valence-corrected chi connectivity index (χ0v) is 40.0. The van der Waals surface area contributed by atoms with Gasteiger partial charge in [-0.05, 0) is 103 Å². The number of carbonyl (C=O) groups excluding carboxylic acids is 5. The molecule has 5 aromatic rings. The zero-order valence-electron chi connectivity index (χ0n) is 40.0. The van der Waals surface area contributed by atoms with Gasteiger partial charge in [-0.15, -0.1) is 0 Å². The first-order valence-corrected chi connectivity index (χ1v) is 24.4. The Morgan fingerprint density at radius 1 is 0.817 bits per heavy atom. The van der Waals surface area contributed by atoms with Gasteiger partial charge in [0.05, 0.1) is 31.1 Å². The predicted molar refractivity (Wildman–Crippen MR) is 273 cm³/mol. The van der Waals surface area contributed by atoms with Gasteiger partial charge in [0.15, 0.2) is 5.96 Å². The highest BCUT2D eigenvalue weighted by atomic mass is 16.5. The molecule has 2 fully saturated rings. The lowest BCUT2D eigenvalue weighted by Gasteiger charge is -2.42. The average Bonchev–Trinajstić information content (AvgIpc) is 3.76. The third-order valence-corrected chi connectivity index (χ3v) is 13.6. The number of aromatic hydroxyl groups is 1. The summed E-state index contributed by atoms with van der Waals surface area (Å²) in [6.45, 7) is 3.76. The minimum atomic E-state index is -1.37. The number of amides is 5. The highest BCUT2D eigenvalue weighted by Gasteiger charge is 2.50. The van der Waals surface area contributed by atoms with Crippen LogP contribution in [0.4, 0.5) is 5.69 Å². The number of carbonyl (C=O) groups is 5. The Labute approximate surface area is 413 Å². The van der Waals surface area contributed by atoms with E-state index in [4.69, 9.17) is 27.7 Å². The van der Waals surface area contributed by atoms with Crippen LogP contribution in [0, 0.1) is 11.3 Å². The monoisotopic (exact) mass is 970 g/mol. The van der Waals surface area contributed by atoms with Crippen molar-refractivity contribution in [3.05, 3.63) is 120 Å². The number of fused-ring (bicyclic) bond motifs is 1. The summed E-state index contributed by atoms with van der Waals surface area (Å²) in [4.78, 5) is 80.4. The number of primary amides is 1. The van der Waals surface area contributed by atoms with Crippen molar-refractivity contribution in [1.82, 2.24) is 25.8 Å². The second kappa shape index (κ2) is 24.5. The fourth-order valence-corrected chi connectivity index (χ4v) is 9.76. The summed E-state index contributed by atoms with van der Waals surface area (Å²) in [5.41, 5.74) is 28.2. The molecule has 18 nitrogen and oxygen atoms in total. The molecular weight excluding hydrogens is 903 g/mol. The van der Waals surface area contributed by atoms with Crippen molar-refractivity contribution in [2.75, 3.05) is 44.7 Å². The zero-order chi connectivity index (χ0) is 50.3. The molecule has 2 unspecified atom stereocenters. The number of morpholine rings is 1. The third kappa shape index (κ3) is 14.2. The molecule has 2 aliphatic rings. The number of H-pyrrole nitrogens is 1. The van der Waals surface area contributed by atoms with Crippen LogP contribution in [0.1, 0.15) is 61.6 Å². The molecule has 7 rings (SSSR count). The summed E-state index contributed by atoms with van der Waals surface area (Å²) in [7, 11) is 0. The first kappa shape index (κ1) is 51.6. The van der Waals surface area contributed by atoms with Crippen molar-refractivity contribution in [1.29, 1.82) is 0 Å². The van der Waals surface area contributed by atoms with Gasteiger partial charge in [0.1, 0.15) is 17.8 Å². The van der Waals surface area contributed by atoms with E-state index in [9.17, 15) is 24.3 Å². The van der Waals surface area contributed by atoms with Crippen molar-refractivity contribution >= 4 is 52.1 Å². The van der Waals surface area contributed by atoms with Gasteiger partial charge in [-0.25, -0.2) is 0 Å². The number of anilines is 1. The molecular formula is C53H67N11O7. The van der Waals surface area contributed by atoms with Gasteiger partial charge >= 0.3 is 0 Å². The third-order valence-electron chi connectivity index (χ3n) is 13.6. The van der Waals surface area contributed by atoms with E-state index < -0.39 is 59.0 Å². The average molecular weight is 970 g/mol. The number of guanidine groups is 1. The molecule has 1 aliphatic heterocycles. The van der Waals surface area contributed by atoms with E-state index >= 15 is 4.79 Å². The fourth-order valence-electron chi connectivity index (χ4n) is 9.76. The molecule has 4 aromatic carbocycles. The second-order valence-electron chi connectivity index (χ2n) is 18.7. The second-order valence-corrected chi connectivity index (χ2v) is 18.7.